The molecule has 3 unspecified atom stereocenters. The topological polar surface area (TPSA) is 94.1 Å². The molecule has 8 heteroatoms. The minimum Gasteiger partial charge on any atom is -0.480 e. The lowest BCUT2D eigenvalue weighted by Crippen LogP contribution is -2.45. The lowest BCUT2D eigenvalue weighted by Gasteiger charge is -2.34. The molecule has 0 aliphatic rings. The van der Waals surface area contributed by atoms with E-state index >= 15 is 0 Å². The highest BCUT2D eigenvalue weighted by Gasteiger charge is 2.44. The molecule has 0 heterocycles. The molecule has 0 rings (SSSR count). The maximum Gasteiger partial charge on any atom is 0.320 e. The van der Waals surface area contributed by atoms with Crippen LogP contribution in [0.1, 0.15) is 54.4 Å². The summed E-state index contributed by atoms with van der Waals surface area (Å²) in [6, 6.07) is -1.80. The van der Waals surface area contributed by atoms with E-state index in [1.54, 1.807) is 20.8 Å². The van der Waals surface area contributed by atoms with Gasteiger partial charge in [-0.2, -0.15) is 0 Å². The number of carboxylic acid groups (broad SMARTS) is 1. The molecule has 0 aromatic carbocycles. The molecule has 0 spiro atoms. The van der Waals surface area contributed by atoms with E-state index in [2.05, 4.69) is 5.32 Å². The fourth-order valence-electron chi connectivity index (χ4n) is 2.46. The summed E-state index contributed by atoms with van der Waals surface area (Å²) >= 11 is 0. The Bertz CT molecular complexity index is 398. The fourth-order valence-corrected chi connectivity index (χ4v) is 5.07. The average molecular weight is 367 g/mol. The Kier molecular flexibility index (Phi) is 11.8. The molecule has 0 radical (unpaired) electrons. The van der Waals surface area contributed by atoms with Gasteiger partial charge in [0.05, 0.1) is 12.4 Å². The molecule has 24 heavy (non-hydrogen) atoms. The average Bonchev–Trinajstić information content (AvgIpc) is 2.50. The van der Waals surface area contributed by atoms with Crippen molar-refractivity contribution in [2.45, 2.75) is 72.2 Å². The van der Waals surface area contributed by atoms with Crippen LogP contribution in [0.3, 0.4) is 0 Å². The minimum absolute atomic E-state index is 0.192. The Hall–Kier alpha value is -0.460. The zero-order chi connectivity index (χ0) is 18.8. The van der Waals surface area contributed by atoms with Gasteiger partial charge < -0.3 is 19.1 Å². The first-order valence-corrected chi connectivity index (χ1v) is 10.5. The molecule has 7 nitrogen and oxygen atoms in total. The fraction of sp³-hybridized carbons (Fsp3) is 0.938. The van der Waals surface area contributed by atoms with Crippen molar-refractivity contribution in [3.05, 3.63) is 0 Å². The van der Waals surface area contributed by atoms with Gasteiger partial charge in [-0.25, -0.2) is 0 Å². The first-order chi connectivity index (χ1) is 11.3. The molecule has 0 saturated carbocycles. The normalized spacial score (nSPS) is 17.0. The summed E-state index contributed by atoms with van der Waals surface area (Å²) in [5.74, 6) is -1.42. The zero-order valence-electron chi connectivity index (χ0n) is 15.8. The molecule has 0 amide bonds. The maximum absolute atomic E-state index is 13.5. The Balaban J connectivity index is 5.52. The molecule has 0 aliphatic heterocycles. The van der Waals surface area contributed by atoms with Crippen molar-refractivity contribution >= 4 is 13.3 Å². The van der Waals surface area contributed by atoms with E-state index in [1.165, 1.54) is 0 Å². The van der Waals surface area contributed by atoms with E-state index in [0.29, 0.717) is 26.1 Å². The van der Waals surface area contributed by atoms with E-state index in [-0.39, 0.29) is 12.5 Å². The van der Waals surface area contributed by atoms with Crippen LogP contribution in [-0.2, 0) is 23.4 Å². The highest BCUT2D eigenvalue weighted by molar-refractivity contribution is 7.60. The number of hydrogen-bond donors (Lipinski definition) is 2. The number of ether oxygens (including phenoxy) is 2. The van der Waals surface area contributed by atoms with Gasteiger partial charge >= 0.3 is 5.97 Å². The van der Waals surface area contributed by atoms with Crippen LogP contribution in [0.25, 0.3) is 0 Å². The summed E-state index contributed by atoms with van der Waals surface area (Å²) < 4.78 is 30.1. The van der Waals surface area contributed by atoms with Gasteiger partial charge in [0.25, 0.3) is 7.37 Å². The summed E-state index contributed by atoms with van der Waals surface area (Å²) in [5, 5.41) is 12.5. The van der Waals surface area contributed by atoms with E-state index in [0.717, 1.165) is 0 Å². The van der Waals surface area contributed by atoms with Crippen molar-refractivity contribution in [3.63, 3.8) is 0 Å². The Morgan fingerprint density at radius 2 is 1.62 bits per heavy atom. The molecule has 144 valence electrons. The van der Waals surface area contributed by atoms with Crippen LogP contribution in [0, 0.1) is 5.92 Å². The van der Waals surface area contributed by atoms with Crippen molar-refractivity contribution in [3.8, 4) is 0 Å². The predicted octanol–water partition coefficient (Wildman–Crippen LogP) is 3.48. The molecule has 3 atom stereocenters. The summed E-state index contributed by atoms with van der Waals surface area (Å²) in [7, 11) is -3.43. The second-order valence-electron chi connectivity index (χ2n) is 5.89. The van der Waals surface area contributed by atoms with Gasteiger partial charge in [0.2, 0.25) is 6.03 Å². The Morgan fingerprint density at radius 3 is 1.96 bits per heavy atom. The predicted molar refractivity (Wildman–Crippen MR) is 94.4 cm³/mol. The van der Waals surface area contributed by atoms with Crippen LogP contribution in [0.15, 0.2) is 0 Å². The van der Waals surface area contributed by atoms with Crippen LogP contribution < -0.4 is 5.32 Å². The molecular weight excluding hydrogens is 333 g/mol. The van der Waals surface area contributed by atoms with E-state index in [9.17, 15) is 14.5 Å². The smallest absolute Gasteiger partial charge is 0.320 e. The monoisotopic (exact) mass is 367 g/mol. The third kappa shape index (κ3) is 7.19. The summed E-state index contributed by atoms with van der Waals surface area (Å²) in [4.78, 5) is 11.5. The molecule has 0 aliphatic carbocycles. The second kappa shape index (κ2) is 12.0. The summed E-state index contributed by atoms with van der Waals surface area (Å²) in [6.45, 7) is 11.9. The number of rotatable bonds is 14. The summed E-state index contributed by atoms with van der Waals surface area (Å²) in [6.07, 6.45) is 0.877. The minimum atomic E-state index is -3.43. The van der Waals surface area contributed by atoms with Gasteiger partial charge in [0.1, 0.15) is 6.04 Å². The molecule has 2 N–H and O–H groups in total. The van der Waals surface area contributed by atoms with Crippen LogP contribution >= 0.6 is 7.37 Å². The lowest BCUT2D eigenvalue weighted by molar-refractivity contribution is -0.140. The van der Waals surface area contributed by atoms with E-state index in [4.69, 9.17) is 14.0 Å². The van der Waals surface area contributed by atoms with Crippen molar-refractivity contribution < 1.29 is 28.5 Å². The molecule has 0 aromatic rings. The third-order valence-electron chi connectivity index (χ3n) is 3.46. The van der Waals surface area contributed by atoms with Crippen LogP contribution in [0.4, 0.5) is 0 Å². The molecule has 0 aromatic heterocycles. The van der Waals surface area contributed by atoms with E-state index in [1.807, 2.05) is 20.8 Å². The first-order valence-electron chi connectivity index (χ1n) is 8.72. The highest BCUT2D eigenvalue weighted by Crippen LogP contribution is 2.57. The van der Waals surface area contributed by atoms with E-state index < -0.39 is 31.2 Å². The lowest BCUT2D eigenvalue weighted by atomic mass is 10.0. The third-order valence-corrected chi connectivity index (χ3v) is 6.39. The van der Waals surface area contributed by atoms with Crippen LogP contribution in [0.5, 0.6) is 0 Å². The maximum atomic E-state index is 13.5. The van der Waals surface area contributed by atoms with Crippen molar-refractivity contribution in [1.29, 1.82) is 0 Å². The van der Waals surface area contributed by atoms with Gasteiger partial charge in [-0.3, -0.25) is 14.7 Å². The second-order valence-corrected chi connectivity index (χ2v) is 8.49. The van der Waals surface area contributed by atoms with Gasteiger partial charge in [0.15, 0.2) is 0 Å². The van der Waals surface area contributed by atoms with Gasteiger partial charge in [-0.05, 0) is 39.5 Å². The number of nitrogens with one attached hydrogen (secondary N) is 1. The molecule has 0 saturated heterocycles. The number of carboxylic acids is 1. The number of aliphatic carboxylic acids is 1. The van der Waals surface area contributed by atoms with Gasteiger partial charge in [0, 0.05) is 13.2 Å². The van der Waals surface area contributed by atoms with Crippen molar-refractivity contribution in [2.75, 3.05) is 19.8 Å². The molecular formula is C16H34NO6P. The SMILES string of the molecule is CCOC(OCC)P(=O)(OCC)C(CC)NC(CC(C)C)C(=O)O. The Morgan fingerprint density at radius 1 is 1.08 bits per heavy atom. The highest BCUT2D eigenvalue weighted by atomic mass is 31.2. The molecule has 0 fully saturated rings. The molecule has 0 bridgehead atoms. The van der Waals surface area contributed by atoms with Gasteiger partial charge in [-0.1, -0.05) is 20.8 Å². The largest absolute Gasteiger partial charge is 0.480 e. The first kappa shape index (κ1) is 23.5. The van der Waals surface area contributed by atoms with Crippen LogP contribution in [0.2, 0.25) is 0 Å². The number of hydrogen-bond acceptors (Lipinski definition) is 6. The van der Waals surface area contributed by atoms with Crippen molar-refractivity contribution in [2.24, 2.45) is 5.92 Å². The Labute approximate surface area is 145 Å². The summed E-state index contributed by atoms with van der Waals surface area (Å²) in [5.41, 5.74) is 0. The van der Waals surface area contributed by atoms with Crippen molar-refractivity contribution in [1.82, 2.24) is 5.32 Å². The van der Waals surface area contributed by atoms with Crippen LogP contribution in [-0.4, -0.2) is 48.8 Å². The standard InChI is InChI=1S/C16H34NO6P/c1-7-14(17-13(15(18)19)11-12(5)6)24(20,23-10-4)16(21-8-2)22-9-3/h12-14,16-17H,7-11H2,1-6H3,(H,18,19). The number of carbonyl (C=O) groups is 1. The van der Waals surface area contributed by atoms with Gasteiger partial charge in [-0.15, -0.1) is 0 Å². The quantitative estimate of drug-likeness (QED) is 0.358. The zero-order valence-corrected chi connectivity index (χ0v) is 16.7.